The van der Waals surface area contributed by atoms with Gasteiger partial charge >= 0.3 is 0 Å². The molecule has 0 spiro atoms. The first-order valence-corrected chi connectivity index (χ1v) is 43.2. The zero-order valence-corrected chi connectivity index (χ0v) is 75.2. The molecule has 7 aromatic carbocycles. The van der Waals surface area contributed by atoms with Crippen molar-refractivity contribution in [2.75, 3.05) is 0 Å². The molecule has 116 heavy (non-hydrogen) atoms. The zero-order chi connectivity index (χ0) is 86.2. The molecule has 0 unspecified atom stereocenters. The van der Waals surface area contributed by atoms with Crippen molar-refractivity contribution in [1.82, 2.24) is 0 Å². The van der Waals surface area contributed by atoms with Gasteiger partial charge in [-0.25, -0.2) is 0 Å². The minimum atomic E-state index is 0.700. The molecule has 616 valence electrons. The van der Waals surface area contributed by atoms with Crippen molar-refractivity contribution < 1.29 is 22.1 Å². The summed E-state index contributed by atoms with van der Waals surface area (Å²) in [6.07, 6.45) is 43.0. The predicted octanol–water partition coefficient (Wildman–Crippen LogP) is 37.1. The molecule has 0 radical (unpaired) electrons. The summed E-state index contributed by atoms with van der Waals surface area (Å²) in [4.78, 5) is 0. The van der Waals surface area contributed by atoms with Crippen molar-refractivity contribution in [3.05, 3.63) is 398 Å². The van der Waals surface area contributed by atoms with Crippen molar-refractivity contribution in [2.45, 2.75) is 198 Å². The summed E-state index contributed by atoms with van der Waals surface area (Å²) in [5.41, 5.74) is 21.5. The molecule has 0 atom stereocenters. The second kappa shape index (κ2) is 70.0. The first-order valence-electron chi connectivity index (χ1n) is 43.2. The van der Waals surface area contributed by atoms with Gasteiger partial charge in [-0.15, -0.1) is 0 Å². The Kier molecular flexibility index (Phi) is 63.0. The molecular weight excluding hydrogens is 1410 g/mol. The Labute approximate surface area is 704 Å². The average Bonchev–Trinajstić information content (AvgIpc) is 1.78. The van der Waals surface area contributed by atoms with Gasteiger partial charge in [-0.05, 0) is 182 Å². The Hall–Kier alpha value is -11.7. The second-order valence-corrected chi connectivity index (χ2v) is 22.1. The molecule has 5 nitrogen and oxygen atoms in total. The summed E-state index contributed by atoms with van der Waals surface area (Å²) in [5, 5.41) is 0. The van der Waals surface area contributed by atoms with Gasteiger partial charge in [0.2, 0.25) is 0 Å². The van der Waals surface area contributed by atoms with Crippen molar-refractivity contribution in [3.8, 4) is 90.2 Å². The van der Waals surface area contributed by atoms with Crippen LogP contribution in [-0.2, 0) is 0 Å². The maximum absolute atomic E-state index is 5.58. The van der Waals surface area contributed by atoms with Crippen LogP contribution >= 0.6 is 0 Å². The van der Waals surface area contributed by atoms with Gasteiger partial charge in [-0.2, -0.15) is 0 Å². The lowest BCUT2D eigenvalue weighted by Gasteiger charge is -2.07. The largest absolute Gasteiger partial charge is 0.461 e. The van der Waals surface area contributed by atoms with E-state index >= 15 is 0 Å². The molecule has 0 aliphatic heterocycles. The normalized spacial score (nSPS) is 11.4. The summed E-state index contributed by atoms with van der Waals surface area (Å²) >= 11 is 0. The summed E-state index contributed by atoms with van der Waals surface area (Å²) in [6.45, 7) is 48.0. The monoisotopic (exact) mass is 1560 g/mol. The van der Waals surface area contributed by atoms with Crippen LogP contribution in [0.15, 0.2) is 420 Å². The lowest BCUT2D eigenvalue weighted by atomic mass is 9.98. The van der Waals surface area contributed by atoms with E-state index in [2.05, 4.69) is 255 Å². The van der Waals surface area contributed by atoms with Crippen LogP contribution in [0.1, 0.15) is 198 Å². The van der Waals surface area contributed by atoms with Crippen LogP contribution in [-0.4, -0.2) is 0 Å². The van der Waals surface area contributed by atoms with E-state index in [-0.39, 0.29) is 0 Å². The van der Waals surface area contributed by atoms with Crippen LogP contribution in [0.25, 0.3) is 90.2 Å². The number of benzene rings is 7. The maximum Gasteiger partial charge on any atom is 0.170 e. The Morgan fingerprint density at radius 2 is 0.345 bits per heavy atom. The fourth-order valence-corrected chi connectivity index (χ4v) is 11.1. The average molecular weight is 1560 g/mol. The van der Waals surface area contributed by atoms with Crippen LogP contribution < -0.4 is 0 Å². The smallest absolute Gasteiger partial charge is 0.170 e. The van der Waals surface area contributed by atoms with Gasteiger partial charge in [0.25, 0.3) is 0 Å². The summed E-state index contributed by atoms with van der Waals surface area (Å²) in [7, 11) is 0. The maximum atomic E-state index is 5.58. The summed E-state index contributed by atoms with van der Waals surface area (Å²) in [5.74, 6) is 4.37. The van der Waals surface area contributed by atoms with Crippen molar-refractivity contribution >= 4 is 0 Å². The molecule has 0 fully saturated rings. The lowest BCUT2D eigenvalue weighted by Crippen LogP contribution is -1.88. The fourth-order valence-electron chi connectivity index (χ4n) is 11.1. The molecule has 5 aliphatic carbocycles. The van der Waals surface area contributed by atoms with Crippen LogP contribution in [0.4, 0.5) is 0 Å². The first kappa shape index (κ1) is 104. The number of hydrogen-bond acceptors (Lipinski definition) is 5. The van der Waals surface area contributed by atoms with Gasteiger partial charge < -0.3 is 22.1 Å². The fraction of sp³-hybridized carbons (Fsp3) is 0.261. The van der Waals surface area contributed by atoms with Crippen LogP contribution in [0, 0.1) is 0 Å². The van der Waals surface area contributed by atoms with Crippen LogP contribution in [0.3, 0.4) is 0 Å². The third-order valence-corrected chi connectivity index (χ3v) is 16.0. The van der Waals surface area contributed by atoms with Crippen LogP contribution in [0.2, 0.25) is 0 Å². The van der Waals surface area contributed by atoms with E-state index in [9.17, 15) is 0 Å². The minimum absolute atomic E-state index is 0.700. The summed E-state index contributed by atoms with van der Waals surface area (Å²) < 4.78 is 26.2. The quantitative estimate of drug-likeness (QED) is 0.129. The third-order valence-electron chi connectivity index (χ3n) is 16.0. The van der Waals surface area contributed by atoms with Gasteiger partial charge in [-0.3, -0.25) is 0 Å². The molecule has 0 saturated heterocycles. The van der Waals surface area contributed by atoms with E-state index in [1.165, 1.54) is 89.1 Å². The Morgan fingerprint density at radius 1 is 0.164 bits per heavy atom. The van der Waals surface area contributed by atoms with Gasteiger partial charge in [0, 0.05) is 0 Å². The van der Waals surface area contributed by atoms with Gasteiger partial charge in [-0.1, -0.05) is 445 Å². The zero-order valence-electron chi connectivity index (χ0n) is 75.2. The first-order chi connectivity index (χ1) is 57.6. The molecule has 5 aromatic heterocycles. The minimum Gasteiger partial charge on any atom is -0.461 e. The Bertz CT molecular complexity index is 4230. The van der Waals surface area contributed by atoms with Crippen molar-refractivity contribution in [2.24, 2.45) is 0 Å². The van der Waals surface area contributed by atoms with E-state index in [0.717, 1.165) is 43.6 Å². The molecule has 0 amide bonds. The highest BCUT2D eigenvalue weighted by Crippen LogP contribution is 2.36. The standard InChI is InChI=1S/C24H18.C18H14.C15H14.C12H8O3.C10H10.C8H6O2.12C2H6/c1-3-7-19(8-4-1)21-11-15-23(16-12-21)24-17-13-22(14-18-24)20-9-5-2-6-10-20;1-3-7-15(8-4-1)17-11-13-18(14-12-17)16-9-5-2-6-10-16;1-2-6-12(5-1)14-9-10-15(11-14)13-7-3-4-8-13;1-3-9(13-7-1)11-5-6-12(15-11)10-4-2-8-14-10;1-2-6-9(5-1)10-7-3-4-8-10;1-3-7(9-5-1)8-4-2-6-10-8;12*1-2/h1-18H;1-14H;1-5,7,9-10H,6,8,11H2;1-8H;1-5,7H,6,8H2;1-6H;12*1-2H3. The Morgan fingerprint density at radius 3 is 0.517 bits per heavy atom. The van der Waals surface area contributed by atoms with Gasteiger partial charge in [0.15, 0.2) is 34.6 Å². The molecule has 17 rings (SSSR count). The van der Waals surface area contributed by atoms with Crippen LogP contribution in [0.5, 0.6) is 0 Å². The second-order valence-electron chi connectivity index (χ2n) is 22.1. The summed E-state index contributed by atoms with van der Waals surface area (Å²) in [6, 6.07) is 86.6. The molecule has 5 heteroatoms. The molecule has 12 aromatic rings. The lowest BCUT2D eigenvalue weighted by molar-refractivity contribution is 0.509. The van der Waals surface area contributed by atoms with E-state index < -0.39 is 0 Å². The highest BCUT2D eigenvalue weighted by Gasteiger charge is 2.17. The molecule has 0 saturated carbocycles. The number of rotatable bonds is 11. The third kappa shape index (κ3) is 37.1. The number of hydrogen-bond donors (Lipinski definition) is 0. The van der Waals surface area contributed by atoms with E-state index in [1.54, 1.807) is 25.1 Å². The van der Waals surface area contributed by atoms with E-state index in [1.807, 2.05) is 251 Å². The number of furan rings is 5. The predicted molar refractivity (Wildman–Crippen MR) is 515 cm³/mol. The highest BCUT2D eigenvalue weighted by atomic mass is 16.4. The Balaban J connectivity index is 0.00000132. The van der Waals surface area contributed by atoms with Gasteiger partial charge in [0.1, 0.15) is 0 Å². The van der Waals surface area contributed by atoms with Crippen molar-refractivity contribution in [1.29, 1.82) is 0 Å². The number of allylic oxidation sites excluding steroid dienone is 20. The highest BCUT2D eigenvalue weighted by molar-refractivity contribution is 5.74. The molecular formula is C111H142O5. The van der Waals surface area contributed by atoms with Gasteiger partial charge in [0.05, 0.1) is 25.1 Å². The van der Waals surface area contributed by atoms with Crippen molar-refractivity contribution in [3.63, 3.8) is 0 Å². The molecule has 0 bridgehead atoms. The molecule has 5 heterocycles. The van der Waals surface area contributed by atoms with E-state index in [4.69, 9.17) is 22.1 Å². The topological polar surface area (TPSA) is 65.7 Å². The van der Waals surface area contributed by atoms with E-state index in [0.29, 0.717) is 23.0 Å². The SMILES string of the molecule is C1=CCC(C2=CC=C(C3=CC=CC3)C2)=C1.C1=CCC(C2=CC=CC2)=C1.CC.CC.CC.CC.CC.CC.CC.CC.CC.CC.CC.CC.c1ccc(-c2ccc(-c3ccc(-c4ccccc4)cc3)cc2)cc1.c1ccc(-c2ccc(-c3ccccc3)cc2)cc1.c1coc(-c2ccc(-c3ccco3)o2)c1.c1coc(-c2ccco2)c1. The molecule has 5 aliphatic rings. The molecule has 0 N–H and O–H groups in total.